The topological polar surface area (TPSA) is 84.9 Å². The summed E-state index contributed by atoms with van der Waals surface area (Å²) < 4.78 is 10.4. The van der Waals surface area contributed by atoms with Crippen LogP contribution in [0.1, 0.15) is 18.1 Å². The van der Waals surface area contributed by atoms with E-state index < -0.39 is 11.8 Å². The molecule has 36 heavy (non-hydrogen) atoms. The molecule has 182 valence electrons. The first-order valence-corrected chi connectivity index (χ1v) is 11.4. The predicted octanol–water partition coefficient (Wildman–Crippen LogP) is 4.89. The number of amides is 1. The van der Waals surface area contributed by atoms with Crippen LogP contribution in [0.25, 0.3) is 6.08 Å². The van der Waals surface area contributed by atoms with Gasteiger partial charge >= 0.3 is 5.97 Å². The van der Waals surface area contributed by atoms with Gasteiger partial charge in [-0.2, -0.15) is 0 Å². The van der Waals surface area contributed by atoms with Gasteiger partial charge < -0.3 is 19.7 Å². The SMILES string of the molecule is COC(=O)C1=C(C)N(c2ccc(C)cc2)C(=Cc2ccc(OCC(=O)Nc3ccccc3)cc2)C1=O. The number of ketones is 1. The highest BCUT2D eigenvalue weighted by Crippen LogP contribution is 2.35. The maximum absolute atomic E-state index is 13.2. The Labute approximate surface area is 209 Å². The first kappa shape index (κ1) is 24.5. The van der Waals surface area contributed by atoms with Crippen LogP contribution in [-0.2, 0) is 19.1 Å². The number of ether oxygens (including phenoxy) is 2. The van der Waals surface area contributed by atoms with Crippen molar-refractivity contribution in [2.45, 2.75) is 13.8 Å². The number of benzene rings is 3. The van der Waals surface area contributed by atoms with Crippen molar-refractivity contribution in [1.82, 2.24) is 0 Å². The lowest BCUT2D eigenvalue weighted by atomic mass is 10.1. The fourth-order valence-electron chi connectivity index (χ4n) is 3.87. The number of Topliss-reactive ketones (excluding diaryl/α,β-unsaturated/α-hetero) is 1. The molecule has 4 rings (SSSR count). The molecule has 0 fully saturated rings. The largest absolute Gasteiger partial charge is 0.484 e. The van der Waals surface area contributed by atoms with E-state index >= 15 is 0 Å². The summed E-state index contributed by atoms with van der Waals surface area (Å²) >= 11 is 0. The molecule has 1 N–H and O–H groups in total. The first-order valence-electron chi connectivity index (χ1n) is 11.4. The Kier molecular flexibility index (Phi) is 7.30. The molecule has 3 aromatic rings. The fraction of sp³-hybridized carbons (Fsp3) is 0.138. The average Bonchev–Trinajstić information content (AvgIpc) is 3.13. The van der Waals surface area contributed by atoms with Gasteiger partial charge in [0, 0.05) is 17.1 Å². The molecule has 1 aliphatic rings. The average molecular weight is 483 g/mol. The highest BCUT2D eigenvalue weighted by atomic mass is 16.5. The molecule has 3 aromatic carbocycles. The van der Waals surface area contributed by atoms with Crippen LogP contribution < -0.4 is 15.0 Å². The van der Waals surface area contributed by atoms with Crippen molar-refractivity contribution < 1.29 is 23.9 Å². The summed E-state index contributed by atoms with van der Waals surface area (Å²) in [6.07, 6.45) is 1.72. The number of rotatable bonds is 7. The summed E-state index contributed by atoms with van der Waals surface area (Å²) in [6.45, 7) is 3.57. The van der Waals surface area contributed by atoms with Gasteiger partial charge in [-0.1, -0.05) is 48.0 Å². The second-order valence-corrected chi connectivity index (χ2v) is 8.25. The van der Waals surface area contributed by atoms with Crippen molar-refractivity contribution in [3.63, 3.8) is 0 Å². The van der Waals surface area contributed by atoms with E-state index in [-0.39, 0.29) is 18.1 Å². The van der Waals surface area contributed by atoms with Gasteiger partial charge in [0.05, 0.1) is 12.8 Å². The molecule has 7 nitrogen and oxygen atoms in total. The van der Waals surface area contributed by atoms with Gasteiger partial charge in [0.15, 0.2) is 6.61 Å². The number of aryl methyl sites for hydroxylation is 1. The molecule has 7 heteroatoms. The van der Waals surface area contributed by atoms with Crippen molar-refractivity contribution in [2.24, 2.45) is 0 Å². The zero-order valence-electron chi connectivity index (χ0n) is 20.3. The van der Waals surface area contributed by atoms with Gasteiger partial charge in [-0.3, -0.25) is 9.59 Å². The highest BCUT2D eigenvalue weighted by Gasteiger charge is 2.38. The lowest BCUT2D eigenvalue weighted by molar-refractivity contribution is -0.137. The molecule has 0 aromatic heterocycles. The second-order valence-electron chi connectivity index (χ2n) is 8.25. The van der Waals surface area contributed by atoms with Gasteiger partial charge in [-0.25, -0.2) is 4.79 Å². The normalized spacial score (nSPS) is 14.2. The molecule has 0 atom stereocenters. The van der Waals surface area contributed by atoms with Crippen LogP contribution in [-0.4, -0.2) is 31.4 Å². The van der Waals surface area contributed by atoms with Crippen LogP contribution >= 0.6 is 0 Å². The summed E-state index contributed by atoms with van der Waals surface area (Å²) in [5.41, 5.74) is 4.13. The van der Waals surface area contributed by atoms with Crippen molar-refractivity contribution in [2.75, 3.05) is 23.9 Å². The molecule has 0 saturated heterocycles. The van der Waals surface area contributed by atoms with E-state index in [1.165, 1.54) is 7.11 Å². The molecule has 0 radical (unpaired) electrons. The maximum atomic E-state index is 13.2. The molecular weight excluding hydrogens is 456 g/mol. The molecule has 1 amide bonds. The molecule has 0 spiro atoms. The summed E-state index contributed by atoms with van der Waals surface area (Å²) in [7, 11) is 1.26. The monoisotopic (exact) mass is 482 g/mol. The Morgan fingerprint density at radius 3 is 2.22 bits per heavy atom. The lowest BCUT2D eigenvalue weighted by Gasteiger charge is -2.21. The van der Waals surface area contributed by atoms with Crippen molar-refractivity contribution in [3.05, 3.63) is 107 Å². The van der Waals surface area contributed by atoms with Crippen LogP contribution in [0.4, 0.5) is 11.4 Å². The summed E-state index contributed by atoms with van der Waals surface area (Å²) in [4.78, 5) is 39.5. The van der Waals surface area contributed by atoms with Gasteiger partial charge in [0.1, 0.15) is 11.3 Å². The van der Waals surface area contributed by atoms with Gasteiger partial charge in [0.25, 0.3) is 5.91 Å². The van der Waals surface area contributed by atoms with E-state index in [1.54, 1.807) is 54.3 Å². The number of methoxy groups -OCH3 is 1. The number of allylic oxidation sites excluding steroid dienone is 2. The summed E-state index contributed by atoms with van der Waals surface area (Å²) in [5.74, 6) is -0.832. The van der Waals surface area contributed by atoms with E-state index in [1.807, 2.05) is 49.4 Å². The van der Waals surface area contributed by atoms with E-state index in [4.69, 9.17) is 9.47 Å². The summed E-state index contributed by atoms with van der Waals surface area (Å²) in [6, 6.07) is 23.8. The van der Waals surface area contributed by atoms with E-state index in [2.05, 4.69) is 5.32 Å². The Balaban J connectivity index is 1.53. The predicted molar refractivity (Wildman–Crippen MR) is 138 cm³/mol. The number of hydrogen-bond acceptors (Lipinski definition) is 6. The fourth-order valence-corrected chi connectivity index (χ4v) is 3.87. The molecule has 0 unspecified atom stereocenters. The first-order chi connectivity index (χ1) is 17.4. The lowest BCUT2D eigenvalue weighted by Crippen LogP contribution is -2.20. The molecular formula is C29H26N2O5. The standard InChI is InChI=1S/C29H26N2O5/c1-19-9-13-23(14-10-19)31-20(2)27(29(34)35-3)28(33)25(31)17-21-11-15-24(16-12-21)36-18-26(32)30-22-7-5-4-6-8-22/h4-17H,18H2,1-3H3,(H,30,32). The number of esters is 1. The smallest absolute Gasteiger partial charge is 0.343 e. The molecule has 0 aliphatic carbocycles. The van der Waals surface area contributed by atoms with E-state index in [9.17, 15) is 14.4 Å². The van der Waals surface area contributed by atoms with Crippen LogP contribution in [0.15, 0.2) is 95.8 Å². The Hall–Kier alpha value is -4.65. The number of hydrogen-bond donors (Lipinski definition) is 1. The van der Waals surface area contributed by atoms with E-state index in [0.717, 1.165) is 16.8 Å². The van der Waals surface area contributed by atoms with Gasteiger partial charge in [-0.05, 0) is 61.9 Å². The zero-order chi connectivity index (χ0) is 25.7. The third kappa shape index (κ3) is 5.36. The number of nitrogens with one attached hydrogen (secondary N) is 1. The maximum Gasteiger partial charge on any atom is 0.343 e. The molecule has 0 bridgehead atoms. The van der Waals surface area contributed by atoms with Gasteiger partial charge in [0.2, 0.25) is 5.78 Å². The Morgan fingerprint density at radius 1 is 0.917 bits per heavy atom. The number of carbonyl (C=O) groups excluding carboxylic acids is 3. The Bertz CT molecular complexity index is 1340. The number of anilines is 2. The van der Waals surface area contributed by atoms with Crippen molar-refractivity contribution in [1.29, 1.82) is 0 Å². The molecule has 1 aliphatic heterocycles. The third-order valence-electron chi connectivity index (χ3n) is 5.69. The second kappa shape index (κ2) is 10.7. The van der Waals surface area contributed by atoms with Gasteiger partial charge in [-0.15, -0.1) is 0 Å². The number of para-hydroxylation sites is 1. The third-order valence-corrected chi connectivity index (χ3v) is 5.69. The highest BCUT2D eigenvalue weighted by molar-refractivity contribution is 6.30. The van der Waals surface area contributed by atoms with Crippen molar-refractivity contribution in [3.8, 4) is 5.75 Å². The zero-order valence-corrected chi connectivity index (χ0v) is 20.3. The van der Waals surface area contributed by atoms with Crippen LogP contribution in [0.5, 0.6) is 5.75 Å². The minimum Gasteiger partial charge on any atom is -0.484 e. The minimum atomic E-state index is -0.671. The Morgan fingerprint density at radius 2 is 1.58 bits per heavy atom. The van der Waals surface area contributed by atoms with Crippen LogP contribution in [0.3, 0.4) is 0 Å². The summed E-state index contributed by atoms with van der Waals surface area (Å²) in [5, 5.41) is 2.76. The number of nitrogens with zero attached hydrogens (tertiary/aromatic N) is 1. The molecule has 1 heterocycles. The van der Waals surface area contributed by atoms with Crippen LogP contribution in [0.2, 0.25) is 0 Å². The quantitative estimate of drug-likeness (QED) is 0.293. The number of carbonyl (C=O) groups is 3. The van der Waals surface area contributed by atoms with Crippen LogP contribution in [0, 0.1) is 6.92 Å². The molecule has 0 saturated carbocycles. The van der Waals surface area contributed by atoms with E-state index in [0.29, 0.717) is 22.8 Å². The van der Waals surface area contributed by atoms with Crippen molar-refractivity contribution >= 4 is 35.1 Å². The minimum absolute atomic E-state index is 0.00806.